The van der Waals surface area contributed by atoms with Gasteiger partial charge in [-0.25, -0.2) is 4.99 Å². The van der Waals surface area contributed by atoms with Crippen molar-refractivity contribution in [3.05, 3.63) is 35.9 Å². The number of aliphatic imine (C=N–C) groups is 1. The Balaban J connectivity index is 1.60. The number of amidine groups is 1. The molecule has 4 heterocycles. The van der Waals surface area contributed by atoms with E-state index in [1.54, 1.807) is 34.6 Å². The minimum Gasteiger partial charge on any atom is -0.459 e. The molecule has 342 valence electrons. The first-order valence-corrected chi connectivity index (χ1v) is 21.9. The molecule has 4 N–H and O–H groups in total. The van der Waals surface area contributed by atoms with Crippen molar-refractivity contribution in [3.8, 4) is 0 Å². The van der Waals surface area contributed by atoms with Gasteiger partial charge >= 0.3 is 5.97 Å². The Morgan fingerprint density at radius 3 is 2.23 bits per heavy atom. The number of carbonyl (C=O) groups excluding carboxylic acids is 1. The Morgan fingerprint density at radius 2 is 1.62 bits per heavy atom. The average Bonchev–Trinajstić information content (AvgIpc) is 3.50. The zero-order valence-corrected chi connectivity index (χ0v) is 38.2. The van der Waals surface area contributed by atoms with Gasteiger partial charge in [-0.1, -0.05) is 51.1 Å². The Hall–Kier alpha value is -2.44. The number of ether oxygens (including phenoxy) is 7. The van der Waals surface area contributed by atoms with Gasteiger partial charge < -0.3 is 63.4 Å². The first kappa shape index (κ1) is 48.6. The normalized spacial score (nSPS) is 45.5. The molecule has 0 spiro atoms. The van der Waals surface area contributed by atoms with Gasteiger partial charge in [-0.05, 0) is 93.3 Å². The Labute approximate surface area is 357 Å². The highest BCUT2D eigenvalue weighted by molar-refractivity contribution is 5.77. The summed E-state index contributed by atoms with van der Waals surface area (Å²) in [6, 6.07) is 9.49. The second kappa shape index (κ2) is 19.5. The summed E-state index contributed by atoms with van der Waals surface area (Å²) in [6.45, 7) is 18.9. The van der Waals surface area contributed by atoms with E-state index in [4.69, 9.17) is 38.2 Å². The van der Waals surface area contributed by atoms with E-state index in [9.17, 15) is 25.2 Å². The number of fused-ring (bicyclic) bond motifs is 2. The van der Waals surface area contributed by atoms with Gasteiger partial charge in [0.05, 0.1) is 54.1 Å². The molecule has 15 heteroatoms. The van der Waals surface area contributed by atoms with Crippen molar-refractivity contribution < 1.29 is 58.4 Å². The number of methoxy groups -OCH3 is 1. The molecule has 4 saturated heterocycles. The van der Waals surface area contributed by atoms with Gasteiger partial charge in [0.15, 0.2) is 18.7 Å². The van der Waals surface area contributed by atoms with Crippen LogP contribution < -0.4 is 0 Å². The fourth-order valence-corrected chi connectivity index (χ4v) is 10.0. The summed E-state index contributed by atoms with van der Waals surface area (Å²) in [5.74, 6) is -2.60. The summed E-state index contributed by atoms with van der Waals surface area (Å²) in [5.41, 5.74) is -3.28. The number of rotatable bonds is 9. The largest absolute Gasteiger partial charge is 0.459 e. The van der Waals surface area contributed by atoms with Crippen LogP contribution in [0.5, 0.6) is 0 Å². The van der Waals surface area contributed by atoms with E-state index in [0.717, 1.165) is 5.56 Å². The van der Waals surface area contributed by atoms with Crippen LogP contribution in [0.3, 0.4) is 0 Å². The van der Waals surface area contributed by atoms with E-state index >= 15 is 0 Å². The molecule has 2 bridgehead atoms. The van der Waals surface area contributed by atoms with E-state index < -0.39 is 96.0 Å². The molecule has 0 radical (unpaired) electrons. The van der Waals surface area contributed by atoms with E-state index in [0.29, 0.717) is 25.5 Å². The molecule has 1 aromatic rings. The molecule has 60 heavy (non-hydrogen) atoms. The van der Waals surface area contributed by atoms with Crippen LogP contribution in [-0.4, -0.2) is 160 Å². The molecule has 0 aromatic heterocycles. The number of benzene rings is 1. The number of hydrogen-bond donors (Lipinski definition) is 4. The second-order valence-electron chi connectivity index (χ2n) is 19.1. The quantitative estimate of drug-likeness (QED) is 0.263. The predicted octanol–water partition coefficient (Wildman–Crippen LogP) is 3.87. The molecule has 0 saturated carbocycles. The maximum Gasteiger partial charge on any atom is 0.311 e. The van der Waals surface area contributed by atoms with E-state index in [1.165, 1.54) is 7.11 Å². The molecule has 4 aliphatic heterocycles. The Morgan fingerprint density at radius 1 is 0.950 bits per heavy atom. The van der Waals surface area contributed by atoms with Crippen LogP contribution in [0.4, 0.5) is 0 Å². The summed E-state index contributed by atoms with van der Waals surface area (Å²) >= 11 is 0. The van der Waals surface area contributed by atoms with Crippen LogP contribution in [0, 0.1) is 17.8 Å². The smallest absolute Gasteiger partial charge is 0.311 e. The standard InChI is InChI=1S/C45H75N3O12/c1-14-33-45(10,53)39-29(6)48(42(60-39)46-23-31-18-16-15-17-19-31)24-25(2)21-43(8,52)38(59-41-35(49)32(47(11)12)20-26(3)55-41)27(4)36(28(5)40(51)57-33)58-34-22-44(9,54-13)37(50)30(7)56-34/h15-19,25-30,32-39,41,49-50,52-53H,14,20-24H2,1-13H3/t25-,26-,27+,28-,29-,30+,32+,33-,34-,35-,36+,37+,38-,39-,41+,43-,44-,45-/m1/s1. The maximum absolute atomic E-state index is 14.6. The highest BCUT2D eigenvalue weighted by Crippen LogP contribution is 2.41. The molecule has 0 unspecified atom stereocenters. The van der Waals surface area contributed by atoms with Gasteiger partial charge in [-0.3, -0.25) is 4.79 Å². The monoisotopic (exact) mass is 850 g/mol. The highest BCUT2D eigenvalue weighted by Gasteiger charge is 2.55. The van der Waals surface area contributed by atoms with Crippen LogP contribution in [0.15, 0.2) is 35.3 Å². The van der Waals surface area contributed by atoms with Crippen LogP contribution in [0.1, 0.15) is 100 Å². The topological polar surface area (TPSA) is 181 Å². The SMILES string of the molecule is CC[C@H]1OC(=O)[C@H](C)[C@@H](O[C@@H]2C[C@@](C)(OC)[C@@H](O)[C@H](C)O2)[C@H](C)[C@@H](O[C@@H]2O[C@H](C)C[C@H](N(C)C)[C@H]2O)[C@](C)(O)C[C@@H](C)CN2C(=NCc3ccccc3)O[C@H]([C@H]2C)[C@]1(C)O. The molecule has 4 aliphatic rings. The third kappa shape index (κ3) is 10.5. The van der Waals surface area contributed by atoms with Crippen molar-refractivity contribution in [2.75, 3.05) is 27.7 Å². The van der Waals surface area contributed by atoms with Gasteiger partial charge in [0.1, 0.15) is 23.9 Å². The fraction of sp³-hybridized carbons (Fsp3) is 0.822. The van der Waals surface area contributed by atoms with Crippen LogP contribution >= 0.6 is 0 Å². The van der Waals surface area contributed by atoms with Crippen LogP contribution in [-0.2, 0) is 44.5 Å². The first-order chi connectivity index (χ1) is 28.0. The number of hydrogen-bond acceptors (Lipinski definition) is 14. The number of likely N-dealkylation sites (N-methyl/N-ethyl adjacent to an activating group) is 1. The van der Waals surface area contributed by atoms with E-state index in [2.05, 4.69) is 0 Å². The summed E-state index contributed by atoms with van der Waals surface area (Å²) in [6.07, 6.45) is -7.70. The molecular formula is C45H75N3O12. The lowest BCUT2D eigenvalue weighted by molar-refractivity contribution is -0.318. The highest BCUT2D eigenvalue weighted by atomic mass is 16.7. The lowest BCUT2D eigenvalue weighted by Crippen LogP contribution is -2.60. The second-order valence-corrected chi connectivity index (χ2v) is 19.1. The summed E-state index contributed by atoms with van der Waals surface area (Å²) in [4.78, 5) is 23.4. The number of aliphatic hydroxyl groups is 4. The number of aliphatic hydroxyl groups excluding tert-OH is 2. The molecule has 15 nitrogen and oxygen atoms in total. The van der Waals surface area contributed by atoms with Crippen LogP contribution in [0.25, 0.3) is 0 Å². The number of esters is 1. The Kier molecular flexibility index (Phi) is 15.8. The van der Waals surface area contributed by atoms with Gasteiger partial charge in [0.25, 0.3) is 6.02 Å². The molecule has 1 aromatic carbocycles. The van der Waals surface area contributed by atoms with E-state index in [-0.39, 0.29) is 37.3 Å². The molecular weight excluding hydrogens is 775 g/mol. The van der Waals surface area contributed by atoms with Crippen molar-refractivity contribution in [2.45, 2.75) is 192 Å². The molecule has 0 aliphatic carbocycles. The predicted molar refractivity (Wildman–Crippen MR) is 225 cm³/mol. The fourth-order valence-electron chi connectivity index (χ4n) is 10.0. The maximum atomic E-state index is 14.6. The Bertz CT molecular complexity index is 1580. The third-order valence-corrected chi connectivity index (χ3v) is 13.6. The van der Waals surface area contributed by atoms with E-state index in [1.807, 2.05) is 88.8 Å². The van der Waals surface area contributed by atoms with Crippen molar-refractivity contribution in [1.82, 2.24) is 9.80 Å². The van der Waals surface area contributed by atoms with Gasteiger partial charge in [0, 0.05) is 32.0 Å². The molecule has 18 atom stereocenters. The minimum absolute atomic E-state index is 0.138. The van der Waals surface area contributed by atoms with Gasteiger partial charge in [-0.15, -0.1) is 0 Å². The van der Waals surface area contributed by atoms with Crippen molar-refractivity contribution in [1.29, 1.82) is 0 Å². The summed E-state index contributed by atoms with van der Waals surface area (Å²) in [5, 5.41) is 47.9. The number of cyclic esters (lactones) is 1. The lowest BCUT2D eigenvalue weighted by Gasteiger charge is -2.48. The first-order valence-electron chi connectivity index (χ1n) is 21.9. The zero-order chi connectivity index (χ0) is 44.5. The van der Waals surface area contributed by atoms with Crippen molar-refractivity contribution in [2.24, 2.45) is 22.7 Å². The average molecular weight is 850 g/mol. The van der Waals surface area contributed by atoms with Gasteiger partial charge in [-0.2, -0.15) is 0 Å². The lowest BCUT2D eigenvalue weighted by atomic mass is 9.77. The number of carbonyl (C=O) groups is 1. The molecule has 0 amide bonds. The third-order valence-electron chi connectivity index (χ3n) is 13.6. The minimum atomic E-state index is -1.65. The van der Waals surface area contributed by atoms with Crippen LogP contribution in [0.2, 0.25) is 0 Å². The molecule has 5 rings (SSSR count). The van der Waals surface area contributed by atoms with Crippen molar-refractivity contribution >= 4 is 12.0 Å². The molecule has 4 fully saturated rings. The van der Waals surface area contributed by atoms with Crippen molar-refractivity contribution in [3.63, 3.8) is 0 Å². The van der Waals surface area contributed by atoms with Gasteiger partial charge in [0.2, 0.25) is 0 Å². The zero-order valence-electron chi connectivity index (χ0n) is 38.2. The number of nitrogens with zero attached hydrogens (tertiary/aromatic N) is 3. The summed E-state index contributed by atoms with van der Waals surface area (Å²) < 4.78 is 44.8. The summed E-state index contributed by atoms with van der Waals surface area (Å²) in [7, 11) is 5.31.